The van der Waals surface area contributed by atoms with Gasteiger partial charge in [-0.2, -0.15) is 0 Å². The highest BCUT2D eigenvalue weighted by atomic mass is 16.5. The highest BCUT2D eigenvalue weighted by Crippen LogP contribution is 2.43. The van der Waals surface area contributed by atoms with Crippen molar-refractivity contribution < 1.29 is 9.53 Å². The van der Waals surface area contributed by atoms with Crippen LogP contribution in [0.15, 0.2) is 48.5 Å². The smallest absolute Gasteiger partial charge is 0.343 e. The number of benzene rings is 2. The zero-order valence-electron chi connectivity index (χ0n) is 21.0. The summed E-state index contributed by atoms with van der Waals surface area (Å²) < 4.78 is 5.69. The monoisotopic (exact) mass is 448 g/mol. The number of unbranched alkanes of at least 4 members (excludes halogenated alkanes) is 6. The first-order valence-electron chi connectivity index (χ1n) is 13.6. The van der Waals surface area contributed by atoms with E-state index in [-0.39, 0.29) is 5.97 Å². The standard InChI is InChI=1S/C31H44O2/c1-3-5-7-8-9-11-23-31(24-12-10-13-25-31)28-19-21-29(22-20-28)33-30(32)27-17-15-26(16-18-27)14-6-4-2/h15-22H,3-14,23-25H2,1-2H3. The highest BCUT2D eigenvalue weighted by molar-refractivity contribution is 5.91. The summed E-state index contributed by atoms with van der Waals surface area (Å²) in [7, 11) is 0. The number of aryl methyl sites for hydroxylation is 1. The number of ether oxygens (including phenoxy) is 1. The second-order valence-corrected chi connectivity index (χ2v) is 10.1. The second-order valence-electron chi connectivity index (χ2n) is 10.1. The Hall–Kier alpha value is -2.09. The van der Waals surface area contributed by atoms with Crippen LogP contribution in [0.5, 0.6) is 5.75 Å². The lowest BCUT2D eigenvalue weighted by Gasteiger charge is -2.38. The van der Waals surface area contributed by atoms with Crippen LogP contribution in [0, 0.1) is 0 Å². The molecule has 0 spiro atoms. The van der Waals surface area contributed by atoms with Crippen LogP contribution in [-0.4, -0.2) is 5.97 Å². The van der Waals surface area contributed by atoms with Crippen molar-refractivity contribution in [3.8, 4) is 5.75 Å². The minimum atomic E-state index is -0.274. The lowest BCUT2D eigenvalue weighted by Crippen LogP contribution is -2.29. The molecule has 0 heterocycles. The molecule has 1 aliphatic rings. The van der Waals surface area contributed by atoms with Gasteiger partial charge in [-0.1, -0.05) is 102 Å². The van der Waals surface area contributed by atoms with E-state index in [1.54, 1.807) is 0 Å². The molecule has 0 radical (unpaired) electrons. The Morgan fingerprint density at radius 2 is 1.39 bits per heavy atom. The number of hydrogen-bond acceptors (Lipinski definition) is 2. The molecule has 1 saturated carbocycles. The molecule has 0 amide bonds. The average Bonchev–Trinajstić information content (AvgIpc) is 2.86. The van der Waals surface area contributed by atoms with Crippen LogP contribution in [-0.2, 0) is 11.8 Å². The Morgan fingerprint density at radius 3 is 2.06 bits per heavy atom. The maximum absolute atomic E-state index is 12.6. The van der Waals surface area contributed by atoms with Gasteiger partial charge in [0.25, 0.3) is 0 Å². The van der Waals surface area contributed by atoms with E-state index >= 15 is 0 Å². The molecule has 1 aliphatic carbocycles. The first-order valence-corrected chi connectivity index (χ1v) is 13.6. The van der Waals surface area contributed by atoms with Crippen molar-refractivity contribution in [2.24, 2.45) is 0 Å². The zero-order chi connectivity index (χ0) is 23.4. The molecule has 3 rings (SSSR count). The summed E-state index contributed by atoms with van der Waals surface area (Å²) in [6.45, 7) is 4.48. The van der Waals surface area contributed by atoms with E-state index in [2.05, 4.69) is 26.0 Å². The molecule has 33 heavy (non-hydrogen) atoms. The normalized spacial score (nSPS) is 15.3. The van der Waals surface area contributed by atoms with E-state index in [9.17, 15) is 4.79 Å². The van der Waals surface area contributed by atoms with Gasteiger partial charge in [0.2, 0.25) is 0 Å². The van der Waals surface area contributed by atoms with Crippen molar-refractivity contribution in [2.75, 3.05) is 0 Å². The van der Waals surface area contributed by atoms with Crippen molar-refractivity contribution >= 4 is 5.97 Å². The van der Waals surface area contributed by atoms with E-state index < -0.39 is 0 Å². The van der Waals surface area contributed by atoms with Crippen molar-refractivity contribution in [2.45, 2.75) is 116 Å². The third kappa shape index (κ3) is 7.73. The number of carbonyl (C=O) groups excluding carboxylic acids is 1. The van der Waals surface area contributed by atoms with Gasteiger partial charge < -0.3 is 4.74 Å². The molecular weight excluding hydrogens is 404 g/mol. The van der Waals surface area contributed by atoms with Gasteiger partial charge in [0.1, 0.15) is 5.75 Å². The summed E-state index contributed by atoms with van der Waals surface area (Å²) in [6.07, 6.45) is 19.5. The van der Waals surface area contributed by atoms with Crippen molar-refractivity contribution in [3.05, 3.63) is 65.2 Å². The topological polar surface area (TPSA) is 26.3 Å². The Labute approximate surface area is 202 Å². The van der Waals surface area contributed by atoms with E-state index in [0.29, 0.717) is 16.7 Å². The van der Waals surface area contributed by atoms with Crippen molar-refractivity contribution in [3.63, 3.8) is 0 Å². The molecule has 180 valence electrons. The maximum Gasteiger partial charge on any atom is 0.343 e. The van der Waals surface area contributed by atoms with Crippen LogP contribution >= 0.6 is 0 Å². The van der Waals surface area contributed by atoms with Gasteiger partial charge in [0.05, 0.1) is 5.56 Å². The molecule has 2 aromatic rings. The quantitative estimate of drug-likeness (QED) is 0.173. The number of esters is 1. The first-order chi connectivity index (χ1) is 16.2. The molecule has 0 unspecified atom stereocenters. The largest absolute Gasteiger partial charge is 0.423 e. The molecule has 0 aliphatic heterocycles. The summed E-state index contributed by atoms with van der Waals surface area (Å²) in [5.74, 6) is 0.369. The maximum atomic E-state index is 12.6. The van der Waals surface area contributed by atoms with Gasteiger partial charge in [-0.05, 0) is 72.9 Å². The molecular formula is C31H44O2. The average molecular weight is 449 g/mol. The number of rotatable bonds is 13. The van der Waals surface area contributed by atoms with Crippen LogP contribution in [0.2, 0.25) is 0 Å². The molecule has 0 atom stereocenters. The third-order valence-corrected chi connectivity index (χ3v) is 7.51. The van der Waals surface area contributed by atoms with Gasteiger partial charge in [0.15, 0.2) is 0 Å². The fraction of sp³-hybridized carbons (Fsp3) is 0.581. The first kappa shape index (κ1) is 25.5. The lowest BCUT2D eigenvalue weighted by molar-refractivity contribution is 0.0734. The minimum Gasteiger partial charge on any atom is -0.423 e. The molecule has 2 heteroatoms. The number of hydrogen-bond donors (Lipinski definition) is 0. The molecule has 2 nitrogen and oxygen atoms in total. The summed E-state index contributed by atoms with van der Waals surface area (Å²) in [5.41, 5.74) is 3.66. The zero-order valence-corrected chi connectivity index (χ0v) is 21.0. The van der Waals surface area contributed by atoms with Crippen LogP contribution in [0.4, 0.5) is 0 Å². The minimum absolute atomic E-state index is 0.274. The molecule has 0 N–H and O–H groups in total. The molecule has 2 aromatic carbocycles. The summed E-state index contributed by atoms with van der Waals surface area (Å²) in [6, 6.07) is 16.3. The van der Waals surface area contributed by atoms with Gasteiger partial charge >= 0.3 is 5.97 Å². The highest BCUT2D eigenvalue weighted by Gasteiger charge is 2.33. The van der Waals surface area contributed by atoms with E-state index in [4.69, 9.17) is 4.74 Å². The predicted octanol–water partition coefficient (Wildman–Crippen LogP) is 9.20. The van der Waals surface area contributed by atoms with Gasteiger partial charge in [-0.3, -0.25) is 0 Å². The molecule has 0 saturated heterocycles. The van der Waals surface area contributed by atoms with Gasteiger partial charge in [0, 0.05) is 0 Å². The Balaban J connectivity index is 1.58. The Bertz CT molecular complexity index is 813. The predicted molar refractivity (Wildman–Crippen MR) is 139 cm³/mol. The SMILES string of the molecule is CCCCCCCCC1(c2ccc(OC(=O)c3ccc(CCCC)cc3)cc2)CCCCC1. The summed E-state index contributed by atoms with van der Waals surface area (Å²) in [4.78, 5) is 12.6. The van der Waals surface area contributed by atoms with Crippen LogP contribution in [0.25, 0.3) is 0 Å². The van der Waals surface area contributed by atoms with Gasteiger partial charge in [-0.25, -0.2) is 4.79 Å². The van der Waals surface area contributed by atoms with Crippen LogP contribution in [0.3, 0.4) is 0 Å². The van der Waals surface area contributed by atoms with Crippen LogP contribution < -0.4 is 4.74 Å². The summed E-state index contributed by atoms with van der Waals surface area (Å²) in [5, 5.41) is 0. The lowest BCUT2D eigenvalue weighted by atomic mass is 9.66. The van der Waals surface area contributed by atoms with E-state index in [1.807, 2.05) is 36.4 Å². The fourth-order valence-corrected chi connectivity index (χ4v) is 5.39. The van der Waals surface area contributed by atoms with Crippen LogP contribution in [0.1, 0.15) is 125 Å². The summed E-state index contributed by atoms with van der Waals surface area (Å²) >= 11 is 0. The second kappa shape index (κ2) is 13.6. The Kier molecular flexibility index (Phi) is 10.5. The van der Waals surface area contributed by atoms with Crippen molar-refractivity contribution in [1.82, 2.24) is 0 Å². The van der Waals surface area contributed by atoms with E-state index in [0.717, 1.165) is 6.42 Å². The van der Waals surface area contributed by atoms with Crippen molar-refractivity contribution in [1.29, 1.82) is 0 Å². The van der Waals surface area contributed by atoms with Gasteiger partial charge in [-0.15, -0.1) is 0 Å². The Morgan fingerprint density at radius 1 is 0.758 bits per heavy atom. The molecule has 0 bridgehead atoms. The fourth-order valence-electron chi connectivity index (χ4n) is 5.39. The van der Waals surface area contributed by atoms with E-state index in [1.165, 1.54) is 101 Å². The molecule has 0 aromatic heterocycles. The third-order valence-electron chi connectivity index (χ3n) is 7.51. The number of carbonyl (C=O) groups is 1. The molecule has 1 fully saturated rings.